The Kier molecular flexibility index (Phi) is 3.28. The van der Waals surface area contributed by atoms with E-state index in [1.54, 1.807) is 0 Å². The summed E-state index contributed by atoms with van der Waals surface area (Å²) in [7, 11) is 0. The van der Waals surface area contributed by atoms with E-state index in [-0.39, 0.29) is 5.92 Å². The SMILES string of the molecule is CCN1CCC2(CCNCC2)C(C#N)C1. The topological polar surface area (TPSA) is 39.1 Å². The molecule has 0 aromatic heterocycles. The zero-order valence-corrected chi connectivity index (χ0v) is 9.63. The molecule has 2 saturated heterocycles. The Balaban J connectivity index is 2.08. The molecule has 1 unspecified atom stereocenters. The van der Waals surface area contributed by atoms with Crippen molar-refractivity contribution >= 4 is 0 Å². The van der Waals surface area contributed by atoms with Gasteiger partial charge in [0.05, 0.1) is 12.0 Å². The third-order valence-electron chi connectivity index (χ3n) is 4.31. The van der Waals surface area contributed by atoms with E-state index >= 15 is 0 Å². The molecular formula is C12H21N3. The lowest BCUT2D eigenvalue weighted by Gasteiger charge is -2.47. The first-order valence-corrected chi connectivity index (χ1v) is 6.13. The number of likely N-dealkylation sites (tertiary alicyclic amines) is 1. The first-order valence-electron chi connectivity index (χ1n) is 6.13. The Morgan fingerprint density at radius 2 is 2.13 bits per heavy atom. The van der Waals surface area contributed by atoms with E-state index < -0.39 is 0 Å². The van der Waals surface area contributed by atoms with Crippen LogP contribution in [-0.2, 0) is 0 Å². The van der Waals surface area contributed by atoms with Crippen LogP contribution < -0.4 is 5.32 Å². The van der Waals surface area contributed by atoms with Gasteiger partial charge in [-0.15, -0.1) is 0 Å². The van der Waals surface area contributed by atoms with Gasteiger partial charge in [0.25, 0.3) is 0 Å². The van der Waals surface area contributed by atoms with E-state index in [4.69, 9.17) is 0 Å². The van der Waals surface area contributed by atoms with Gasteiger partial charge >= 0.3 is 0 Å². The van der Waals surface area contributed by atoms with Gasteiger partial charge in [-0.3, -0.25) is 0 Å². The maximum Gasteiger partial charge on any atom is 0.0675 e. The molecule has 1 spiro atoms. The molecule has 3 heteroatoms. The number of nitrogens with zero attached hydrogens (tertiary/aromatic N) is 2. The van der Waals surface area contributed by atoms with Gasteiger partial charge in [0, 0.05) is 6.54 Å². The highest BCUT2D eigenvalue weighted by Gasteiger charge is 2.43. The van der Waals surface area contributed by atoms with Crippen molar-refractivity contribution in [1.29, 1.82) is 5.26 Å². The average molecular weight is 207 g/mol. The summed E-state index contributed by atoms with van der Waals surface area (Å²) in [6, 6.07) is 2.56. The lowest BCUT2D eigenvalue weighted by molar-refractivity contribution is 0.0375. The number of hydrogen-bond donors (Lipinski definition) is 1. The molecule has 0 amide bonds. The van der Waals surface area contributed by atoms with Crippen molar-refractivity contribution in [2.45, 2.75) is 26.2 Å². The van der Waals surface area contributed by atoms with Crippen LogP contribution in [0, 0.1) is 22.7 Å². The molecule has 0 saturated carbocycles. The van der Waals surface area contributed by atoms with E-state index in [0.29, 0.717) is 5.41 Å². The van der Waals surface area contributed by atoms with Crippen molar-refractivity contribution in [2.24, 2.45) is 11.3 Å². The van der Waals surface area contributed by atoms with Crippen LogP contribution in [-0.4, -0.2) is 37.6 Å². The van der Waals surface area contributed by atoms with Crippen LogP contribution in [0.1, 0.15) is 26.2 Å². The van der Waals surface area contributed by atoms with E-state index in [1.165, 1.54) is 25.8 Å². The molecule has 0 aliphatic carbocycles. The third-order valence-corrected chi connectivity index (χ3v) is 4.31. The maximum absolute atomic E-state index is 9.32. The fourth-order valence-electron chi connectivity index (χ4n) is 3.09. The van der Waals surface area contributed by atoms with Gasteiger partial charge in [-0.1, -0.05) is 6.92 Å². The molecule has 15 heavy (non-hydrogen) atoms. The Labute approximate surface area is 92.4 Å². The van der Waals surface area contributed by atoms with Gasteiger partial charge in [0.2, 0.25) is 0 Å². The maximum atomic E-state index is 9.32. The number of nitrogens with one attached hydrogen (secondary N) is 1. The van der Waals surface area contributed by atoms with Crippen molar-refractivity contribution in [3.63, 3.8) is 0 Å². The Hall–Kier alpha value is -0.590. The highest BCUT2D eigenvalue weighted by molar-refractivity contribution is 5.04. The van der Waals surface area contributed by atoms with Crippen molar-refractivity contribution in [3.05, 3.63) is 0 Å². The molecular weight excluding hydrogens is 186 g/mol. The van der Waals surface area contributed by atoms with Gasteiger partial charge in [-0.25, -0.2) is 0 Å². The number of piperidine rings is 2. The molecule has 2 aliphatic rings. The van der Waals surface area contributed by atoms with Gasteiger partial charge in [-0.2, -0.15) is 5.26 Å². The number of nitriles is 1. The summed E-state index contributed by atoms with van der Waals surface area (Å²) < 4.78 is 0. The van der Waals surface area contributed by atoms with Crippen LogP contribution in [0.2, 0.25) is 0 Å². The molecule has 84 valence electrons. The molecule has 2 fully saturated rings. The standard InChI is InChI=1S/C12H21N3/c1-2-15-8-5-12(11(9-13)10-15)3-6-14-7-4-12/h11,14H,2-8,10H2,1H3. The summed E-state index contributed by atoms with van der Waals surface area (Å²) in [5.74, 6) is 0.258. The molecule has 2 aliphatic heterocycles. The van der Waals surface area contributed by atoms with Crippen LogP contribution in [0.15, 0.2) is 0 Å². The minimum absolute atomic E-state index is 0.258. The summed E-state index contributed by atoms with van der Waals surface area (Å²) in [6.07, 6.45) is 3.62. The predicted molar refractivity (Wildman–Crippen MR) is 60.4 cm³/mol. The van der Waals surface area contributed by atoms with Crippen molar-refractivity contribution < 1.29 is 0 Å². The van der Waals surface area contributed by atoms with E-state index in [9.17, 15) is 5.26 Å². The van der Waals surface area contributed by atoms with Crippen LogP contribution in [0.4, 0.5) is 0 Å². The summed E-state index contributed by atoms with van der Waals surface area (Å²) in [4.78, 5) is 2.42. The minimum atomic E-state index is 0.258. The van der Waals surface area contributed by atoms with E-state index in [1.807, 2.05) is 0 Å². The van der Waals surface area contributed by atoms with Crippen LogP contribution in [0.5, 0.6) is 0 Å². The lowest BCUT2D eigenvalue weighted by atomic mass is 9.65. The lowest BCUT2D eigenvalue weighted by Crippen LogP contribution is -2.51. The van der Waals surface area contributed by atoms with Crippen LogP contribution >= 0.6 is 0 Å². The third kappa shape index (κ3) is 2.02. The second kappa shape index (κ2) is 4.51. The fourth-order valence-corrected chi connectivity index (χ4v) is 3.09. The summed E-state index contributed by atoms with van der Waals surface area (Å²) in [5, 5.41) is 12.7. The molecule has 0 aromatic rings. The van der Waals surface area contributed by atoms with Crippen molar-refractivity contribution in [3.8, 4) is 6.07 Å². The highest BCUT2D eigenvalue weighted by atomic mass is 15.1. The quantitative estimate of drug-likeness (QED) is 0.702. The molecule has 0 aromatic carbocycles. The fraction of sp³-hybridized carbons (Fsp3) is 0.917. The van der Waals surface area contributed by atoms with Crippen molar-refractivity contribution in [1.82, 2.24) is 10.2 Å². The minimum Gasteiger partial charge on any atom is -0.317 e. The van der Waals surface area contributed by atoms with E-state index in [0.717, 1.165) is 26.2 Å². The zero-order valence-electron chi connectivity index (χ0n) is 9.63. The molecule has 2 rings (SSSR count). The monoisotopic (exact) mass is 207 g/mol. The molecule has 1 atom stereocenters. The van der Waals surface area contributed by atoms with Gasteiger partial charge in [0.15, 0.2) is 0 Å². The van der Waals surface area contributed by atoms with Gasteiger partial charge in [0.1, 0.15) is 0 Å². The number of rotatable bonds is 1. The molecule has 2 heterocycles. The summed E-state index contributed by atoms with van der Waals surface area (Å²) >= 11 is 0. The summed E-state index contributed by atoms with van der Waals surface area (Å²) in [5.41, 5.74) is 0.339. The van der Waals surface area contributed by atoms with Gasteiger partial charge in [-0.05, 0) is 50.9 Å². The van der Waals surface area contributed by atoms with E-state index in [2.05, 4.69) is 23.2 Å². The average Bonchev–Trinajstić information content (AvgIpc) is 2.31. The first-order chi connectivity index (χ1) is 7.30. The van der Waals surface area contributed by atoms with Crippen molar-refractivity contribution in [2.75, 3.05) is 32.7 Å². The Morgan fingerprint density at radius 1 is 1.40 bits per heavy atom. The largest absolute Gasteiger partial charge is 0.317 e. The highest BCUT2D eigenvalue weighted by Crippen LogP contribution is 2.43. The first kappa shape index (κ1) is 10.9. The molecule has 0 bridgehead atoms. The second-order valence-corrected chi connectivity index (χ2v) is 4.94. The van der Waals surface area contributed by atoms with Crippen LogP contribution in [0.25, 0.3) is 0 Å². The Bertz CT molecular complexity index is 250. The Morgan fingerprint density at radius 3 is 2.73 bits per heavy atom. The second-order valence-electron chi connectivity index (χ2n) is 4.94. The molecule has 3 nitrogen and oxygen atoms in total. The predicted octanol–water partition coefficient (Wildman–Crippen LogP) is 1.22. The molecule has 1 N–H and O–H groups in total. The number of hydrogen-bond acceptors (Lipinski definition) is 3. The molecule has 0 radical (unpaired) electrons. The normalized spacial score (nSPS) is 31.3. The van der Waals surface area contributed by atoms with Gasteiger partial charge < -0.3 is 10.2 Å². The zero-order chi connectivity index (χ0) is 10.7. The smallest absolute Gasteiger partial charge is 0.0675 e. The summed E-state index contributed by atoms with van der Waals surface area (Å²) in [6.45, 7) is 7.66. The van der Waals surface area contributed by atoms with Crippen LogP contribution in [0.3, 0.4) is 0 Å².